The van der Waals surface area contributed by atoms with E-state index in [2.05, 4.69) is 53.2 Å². The largest absolute Gasteiger partial charge is 0.377 e. The predicted octanol–water partition coefficient (Wildman–Crippen LogP) is 1.44. The quantitative estimate of drug-likeness (QED) is 0.739. The first-order valence-corrected chi connectivity index (χ1v) is 7.03. The second kappa shape index (κ2) is 8.71. The van der Waals surface area contributed by atoms with Crippen molar-refractivity contribution in [3.63, 3.8) is 0 Å². The van der Waals surface area contributed by atoms with Gasteiger partial charge < -0.3 is 19.9 Å². The average molecular weight is 281 g/mol. The SMILES string of the molecule is CCNc1cc(N(C)CCCN(C)C)nc(COC)n1. The van der Waals surface area contributed by atoms with E-state index in [1.807, 2.05) is 6.07 Å². The number of hydrogen-bond donors (Lipinski definition) is 1. The second-order valence-corrected chi connectivity index (χ2v) is 5.07. The number of aromatic nitrogens is 2. The fraction of sp³-hybridized carbons (Fsp3) is 0.714. The molecule has 0 bridgehead atoms. The fourth-order valence-corrected chi connectivity index (χ4v) is 1.88. The van der Waals surface area contributed by atoms with Crippen LogP contribution in [0.25, 0.3) is 0 Å². The first-order chi connectivity index (χ1) is 9.56. The van der Waals surface area contributed by atoms with Gasteiger partial charge in [0.1, 0.15) is 18.2 Å². The monoisotopic (exact) mass is 281 g/mol. The molecule has 0 aliphatic rings. The van der Waals surface area contributed by atoms with Gasteiger partial charge >= 0.3 is 0 Å². The van der Waals surface area contributed by atoms with Crippen molar-refractivity contribution in [3.8, 4) is 0 Å². The van der Waals surface area contributed by atoms with Crippen LogP contribution in [-0.2, 0) is 11.3 Å². The summed E-state index contributed by atoms with van der Waals surface area (Å²) in [6.07, 6.45) is 1.10. The minimum Gasteiger partial charge on any atom is -0.377 e. The van der Waals surface area contributed by atoms with Gasteiger partial charge in [0, 0.05) is 33.3 Å². The van der Waals surface area contributed by atoms with Crippen LogP contribution in [0.1, 0.15) is 19.2 Å². The standard InChI is InChI=1S/C14H27N5O/c1-6-15-12-10-14(17-13(16-12)11-20-5)19(4)9-7-8-18(2)3/h10H,6-9,11H2,1-5H3,(H,15,16,17). The van der Waals surface area contributed by atoms with Gasteiger partial charge in [0.15, 0.2) is 5.82 Å². The Morgan fingerprint density at radius 1 is 1.20 bits per heavy atom. The molecule has 114 valence electrons. The molecule has 0 spiro atoms. The lowest BCUT2D eigenvalue weighted by Crippen LogP contribution is -2.24. The molecule has 0 radical (unpaired) electrons. The third kappa shape index (κ3) is 5.71. The van der Waals surface area contributed by atoms with Gasteiger partial charge in [-0.15, -0.1) is 0 Å². The summed E-state index contributed by atoms with van der Waals surface area (Å²) in [6.45, 7) is 5.36. The van der Waals surface area contributed by atoms with Gasteiger partial charge in [0.2, 0.25) is 0 Å². The maximum atomic E-state index is 5.13. The van der Waals surface area contributed by atoms with Crippen molar-refractivity contribution in [2.45, 2.75) is 20.0 Å². The number of methoxy groups -OCH3 is 1. The van der Waals surface area contributed by atoms with E-state index in [9.17, 15) is 0 Å². The van der Waals surface area contributed by atoms with Crippen LogP contribution in [0.2, 0.25) is 0 Å². The fourth-order valence-electron chi connectivity index (χ4n) is 1.88. The maximum absolute atomic E-state index is 5.13. The molecular weight excluding hydrogens is 254 g/mol. The molecule has 0 saturated carbocycles. The molecular formula is C14H27N5O. The van der Waals surface area contributed by atoms with E-state index in [0.29, 0.717) is 12.4 Å². The first-order valence-electron chi connectivity index (χ1n) is 7.03. The summed E-state index contributed by atoms with van der Waals surface area (Å²) >= 11 is 0. The summed E-state index contributed by atoms with van der Waals surface area (Å²) in [5.41, 5.74) is 0. The van der Waals surface area contributed by atoms with Crippen LogP contribution in [0.5, 0.6) is 0 Å². The molecule has 0 amide bonds. The Balaban J connectivity index is 2.75. The molecule has 1 heterocycles. The lowest BCUT2D eigenvalue weighted by atomic mass is 10.3. The lowest BCUT2D eigenvalue weighted by Gasteiger charge is -2.20. The Morgan fingerprint density at radius 2 is 1.95 bits per heavy atom. The van der Waals surface area contributed by atoms with Crippen LogP contribution >= 0.6 is 0 Å². The van der Waals surface area contributed by atoms with E-state index >= 15 is 0 Å². The number of anilines is 2. The van der Waals surface area contributed by atoms with Gasteiger partial charge in [0.25, 0.3) is 0 Å². The smallest absolute Gasteiger partial charge is 0.158 e. The minimum absolute atomic E-state index is 0.428. The van der Waals surface area contributed by atoms with Crippen LogP contribution in [0.4, 0.5) is 11.6 Å². The molecule has 0 aliphatic carbocycles. The lowest BCUT2D eigenvalue weighted by molar-refractivity contribution is 0.178. The Morgan fingerprint density at radius 3 is 2.55 bits per heavy atom. The van der Waals surface area contributed by atoms with Gasteiger partial charge in [-0.2, -0.15) is 0 Å². The van der Waals surface area contributed by atoms with E-state index < -0.39 is 0 Å². The summed E-state index contributed by atoms with van der Waals surface area (Å²) in [5.74, 6) is 2.49. The Labute approximate surface area is 122 Å². The molecule has 0 fully saturated rings. The van der Waals surface area contributed by atoms with E-state index in [0.717, 1.165) is 37.7 Å². The van der Waals surface area contributed by atoms with Crippen LogP contribution in [0.15, 0.2) is 6.07 Å². The van der Waals surface area contributed by atoms with Crippen molar-refractivity contribution in [2.24, 2.45) is 0 Å². The minimum atomic E-state index is 0.428. The normalized spacial score (nSPS) is 10.9. The molecule has 0 unspecified atom stereocenters. The zero-order chi connectivity index (χ0) is 15.0. The highest BCUT2D eigenvalue weighted by molar-refractivity contribution is 5.48. The van der Waals surface area contributed by atoms with Crippen molar-refractivity contribution < 1.29 is 4.74 Å². The van der Waals surface area contributed by atoms with Crippen molar-refractivity contribution in [1.82, 2.24) is 14.9 Å². The molecule has 6 heteroatoms. The number of nitrogens with zero attached hydrogens (tertiary/aromatic N) is 4. The molecule has 6 nitrogen and oxygen atoms in total. The van der Waals surface area contributed by atoms with Gasteiger partial charge in [-0.3, -0.25) is 0 Å². The van der Waals surface area contributed by atoms with Gasteiger partial charge in [-0.1, -0.05) is 0 Å². The highest BCUT2D eigenvalue weighted by Crippen LogP contribution is 2.15. The second-order valence-electron chi connectivity index (χ2n) is 5.07. The summed E-state index contributed by atoms with van der Waals surface area (Å²) in [6, 6.07) is 1.98. The molecule has 1 aromatic heterocycles. The van der Waals surface area contributed by atoms with Crippen molar-refractivity contribution in [2.75, 3.05) is 58.1 Å². The highest BCUT2D eigenvalue weighted by Gasteiger charge is 2.08. The van der Waals surface area contributed by atoms with Crippen molar-refractivity contribution in [1.29, 1.82) is 0 Å². The molecule has 0 atom stereocenters. The summed E-state index contributed by atoms with van der Waals surface area (Å²) in [7, 11) is 7.89. The molecule has 0 aromatic carbocycles. The number of rotatable bonds is 9. The molecule has 1 aromatic rings. The topological polar surface area (TPSA) is 53.5 Å². The van der Waals surface area contributed by atoms with E-state index in [-0.39, 0.29) is 0 Å². The van der Waals surface area contributed by atoms with Crippen LogP contribution < -0.4 is 10.2 Å². The third-order valence-electron chi connectivity index (χ3n) is 2.88. The predicted molar refractivity (Wildman–Crippen MR) is 83.3 cm³/mol. The summed E-state index contributed by atoms with van der Waals surface area (Å²) in [4.78, 5) is 13.3. The Hall–Kier alpha value is -1.40. The van der Waals surface area contributed by atoms with E-state index in [1.54, 1.807) is 7.11 Å². The van der Waals surface area contributed by atoms with E-state index in [4.69, 9.17) is 4.74 Å². The van der Waals surface area contributed by atoms with Crippen LogP contribution in [0, 0.1) is 0 Å². The van der Waals surface area contributed by atoms with Gasteiger partial charge in [0.05, 0.1) is 0 Å². The molecule has 0 saturated heterocycles. The Bertz CT molecular complexity index is 373. The average Bonchev–Trinajstić information content (AvgIpc) is 2.38. The zero-order valence-electron chi connectivity index (χ0n) is 13.3. The zero-order valence-corrected chi connectivity index (χ0v) is 13.3. The summed E-state index contributed by atoms with van der Waals surface area (Å²) < 4.78 is 5.13. The molecule has 0 aliphatic heterocycles. The summed E-state index contributed by atoms with van der Waals surface area (Å²) in [5, 5.41) is 3.23. The highest BCUT2D eigenvalue weighted by atomic mass is 16.5. The Kier molecular flexibility index (Phi) is 7.25. The number of nitrogens with one attached hydrogen (secondary N) is 1. The van der Waals surface area contributed by atoms with E-state index in [1.165, 1.54) is 0 Å². The molecule has 1 rings (SSSR count). The van der Waals surface area contributed by atoms with Crippen LogP contribution in [0.3, 0.4) is 0 Å². The third-order valence-corrected chi connectivity index (χ3v) is 2.88. The number of ether oxygens (including phenoxy) is 1. The van der Waals surface area contributed by atoms with Gasteiger partial charge in [-0.25, -0.2) is 9.97 Å². The van der Waals surface area contributed by atoms with Crippen molar-refractivity contribution >= 4 is 11.6 Å². The number of hydrogen-bond acceptors (Lipinski definition) is 6. The van der Waals surface area contributed by atoms with Gasteiger partial charge in [-0.05, 0) is 34.0 Å². The molecule has 1 N–H and O–H groups in total. The molecule has 20 heavy (non-hydrogen) atoms. The maximum Gasteiger partial charge on any atom is 0.158 e. The van der Waals surface area contributed by atoms with Crippen molar-refractivity contribution in [3.05, 3.63) is 11.9 Å². The van der Waals surface area contributed by atoms with Crippen LogP contribution in [-0.4, -0.2) is 62.8 Å². The first kappa shape index (κ1) is 16.7.